The lowest BCUT2D eigenvalue weighted by Crippen LogP contribution is -2.28. The van der Waals surface area contributed by atoms with Crippen LogP contribution in [0.3, 0.4) is 0 Å². The molecule has 0 spiro atoms. The summed E-state index contributed by atoms with van der Waals surface area (Å²) in [6.45, 7) is 9.76. The Morgan fingerprint density at radius 2 is 2.36 bits per heavy atom. The van der Waals surface area contributed by atoms with Gasteiger partial charge in [0.15, 0.2) is 5.78 Å². The van der Waals surface area contributed by atoms with Crippen LogP contribution in [0.1, 0.15) is 26.2 Å². The van der Waals surface area contributed by atoms with Crippen LogP contribution in [0.15, 0.2) is 37.5 Å². The standard InChI is InChI=1S/C13H18O/c1-4-8-13(11(3)5-2)9-6-12(14)7-10-13/h4-6,9,11H,1-2,7-8,10H2,3H3/t11-,13+/m0/s1. The number of ketones is 1. The molecule has 0 saturated heterocycles. The van der Waals surface area contributed by atoms with Gasteiger partial charge in [0.2, 0.25) is 0 Å². The second kappa shape index (κ2) is 4.41. The first-order chi connectivity index (χ1) is 6.64. The van der Waals surface area contributed by atoms with Crippen LogP contribution in [0.25, 0.3) is 0 Å². The van der Waals surface area contributed by atoms with Gasteiger partial charge in [0.05, 0.1) is 0 Å². The highest BCUT2D eigenvalue weighted by molar-refractivity contribution is 5.90. The summed E-state index contributed by atoms with van der Waals surface area (Å²) in [5.41, 5.74) is 0.0808. The first-order valence-corrected chi connectivity index (χ1v) is 5.10. The van der Waals surface area contributed by atoms with E-state index in [0.29, 0.717) is 12.3 Å². The molecule has 0 radical (unpaired) electrons. The Kier molecular flexibility index (Phi) is 3.45. The molecule has 0 aromatic carbocycles. The van der Waals surface area contributed by atoms with Gasteiger partial charge in [0.1, 0.15) is 0 Å². The first kappa shape index (κ1) is 11.0. The Balaban J connectivity index is 2.92. The summed E-state index contributed by atoms with van der Waals surface area (Å²) >= 11 is 0. The minimum Gasteiger partial charge on any atom is -0.295 e. The van der Waals surface area contributed by atoms with Crippen LogP contribution in [0, 0.1) is 11.3 Å². The van der Waals surface area contributed by atoms with Crippen LogP contribution in [0.4, 0.5) is 0 Å². The molecule has 2 atom stereocenters. The zero-order chi connectivity index (χ0) is 10.6. The SMILES string of the molecule is C=CC[C@@]1([C@@H](C)C=C)C=CC(=O)CC1. The highest BCUT2D eigenvalue weighted by atomic mass is 16.1. The van der Waals surface area contributed by atoms with Crippen molar-refractivity contribution in [2.75, 3.05) is 0 Å². The molecule has 0 aliphatic heterocycles. The van der Waals surface area contributed by atoms with Gasteiger partial charge in [-0.25, -0.2) is 0 Å². The van der Waals surface area contributed by atoms with E-state index in [9.17, 15) is 4.79 Å². The molecule has 1 heteroatoms. The summed E-state index contributed by atoms with van der Waals surface area (Å²) < 4.78 is 0. The van der Waals surface area contributed by atoms with Crippen LogP contribution < -0.4 is 0 Å². The maximum atomic E-state index is 11.1. The predicted molar refractivity (Wildman–Crippen MR) is 60.0 cm³/mol. The molecule has 0 aromatic rings. The summed E-state index contributed by atoms with van der Waals surface area (Å²) in [7, 11) is 0. The van der Waals surface area contributed by atoms with Gasteiger partial charge in [-0.2, -0.15) is 0 Å². The minimum absolute atomic E-state index is 0.0808. The molecular weight excluding hydrogens is 172 g/mol. The topological polar surface area (TPSA) is 17.1 Å². The number of allylic oxidation sites excluding steroid dienone is 4. The molecule has 0 saturated carbocycles. The molecular formula is C13H18O. The summed E-state index contributed by atoms with van der Waals surface area (Å²) in [5, 5.41) is 0. The molecule has 1 aliphatic rings. The van der Waals surface area contributed by atoms with Crippen LogP contribution >= 0.6 is 0 Å². The van der Waals surface area contributed by atoms with Crippen molar-refractivity contribution >= 4 is 5.78 Å². The van der Waals surface area contributed by atoms with Gasteiger partial charge in [0.25, 0.3) is 0 Å². The largest absolute Gasteiger partial charge is 0.295 e. The van der Waals surface area contributed by atoms with E-state index in [0.717, 1.165) is 12.8 Å². The highest BCUT2D eigenvalue weighted by Crippen LogP contribution is 2.41. The molecule has 0 N–H and O–H groups in total. The third kappa shape index (κ3) is 2.03. The van der Waals surface area contributed by atoms with Gasteiger partial charge in [0, 0.05) is 6.42 Å². The normalized spacial score (nSPS) is 28.5. The van der Waals surface area contributed by atoms with Crippen molar-refractivity contribution in [1.29, 1.82) is 0 Å². The van der Waals surface area contributed by atoms with Crippen molar-refractivity contribution in [2.24, 2.45) is 11.3 Å². The molecule has 1 nitrogen and oxygen atoms in total. The molecule has 0 fully saturated rings. The van der Waals surface area contributed by atoms with Crippen LogP contribution in [0.5, 0.6) is 0 Å². The van der Waals surface area contributed by atoms with Gasteiger partial charge >= 0.3 is 0 Å². The second-order valence-corrected chi connectivity index (χ2v) is 4.05. The quantitative estimate of drug-likeness (QED) is 0.622. The maximum Gasteiger partial charge on any atom is 0.155 e. The molecule has 0 unspecified atom stereocenters. The number of hydrogen-bond acceptors (Lipinski definition) is 1. The van der Waals surface area contributed by atoms with E-state index in [2.05, 4.69) is 20.1 Å². The number of carbonyl (C=O) groups excluding carboxylic acids is 1. The van der Waals surface area contributed by atoms with Crippen molar-refractivity contribution in [3.63, 3.8) is 0 Å². The average Bonchev–Trinajstić information content (AvgIpc) is 2.21. The number of carbonyl (C=O) groups is 1. The molecule has 0 amide bonds. The van der Waals surface area contributed by atoms with E-state index >= 15 is 0 Å². The van der Waals surface area contributed by atoms with Crippen molar-refractivity contribution < 1.29 is 4.79 Å². The fraction of sp³-hybridized carbons (Fsp3) is 0.462. The van der Waals surface area contributed by atoms with Crippen molar-refractivity contribution in [3.05, 3.63) is 37.5 Å². The Hall–Kier alpha value is -1.11. The van der Waals surface area contributed by atoms with Gasteiger partial charge < -0.3 is 0 Å². The van der Waals surface area contributed by atoms with E-state index in [1.807, 2.05) is 18.2 Å². The average molecular weight is 190 g/mol. The third-order valence-corrected chi connectivity index (χ3v) is 3.22. The summed E-state index contributed by atoms with van der Waals surface area (Å²) in [4.78, 5) is 11.1. The molecule has 0 bridgehead atoms. The summed E-state index contributed by atoms with van der Waals surface area (Å²) in [5.74, 6) is 0.630. The van der Waals surface area contributed by atoms with Crippen LogP contribution in [0.2, 0.25) is 0 Å². The third-order valence-electron chi connectivity index (χ3n) is 3.22. The molecule has 1 rings (SSSR count). The molecule has 0 heterocycles. The van der Waals surface area contributed by atoms with E-state index in [-0.39, 0.29) is 11.2 Å². The van der Waals surface area contributed by atoms with Gasteiger partial charge in [-0.15, -0.1) is 13.2 Å². The van der Waals surface area contributed by atoms with E-state index in [1.54, 1.807) is 6.08 Å². The molecule has 76 valence electrons. The maximum absolute atomic E-state index is 11.1. The van der Waals surface area contributed by atoms with Gasteiger partial charge in [-0.05, 0) is 30.3 Å². The van der Waals surface area contributed by atoms with Crippen molar-refractivity contribution in [1.82, 2.24) is 0 Å². The Morgan fingerprint density at radius 1 is 1.64 bits per heavy atom. The Bertz CT molecular complexity index is 275. The lowest BCUT2D eigenvalue weighted by molar-refractivity contribution is -0.115. The minimum atomic E-state index is 0.0808. The second-order valence-electron chi connectivity index (χ2n) is 4.05. The van der Waals surface area contributed by atoms with E-state index in [4.69, 9.17) is 0 Å². The number of rotatable bonds is 4. The molecule has 1 aliphatic carbocycles. The van der Waals surface area contributed by atoms with Crippen molar-refractivity contribution in [2.45, 2.75) is 26.2 Å². The van der Waals surface area contributed by atoms with E-state index < -0.39 is 0 Å². The zero-order valence-electron chi connectivity index (χ0n) is 8.83. The van der Waals surface area contributed by atoms with Crippen LogP contribution in [-0.4, -0.2) is 5.78 Å². The predicted octanol–water partition coefficient (Wildman–Crippen LogP) is 3.29. The lowest BCUT2D eigenvalue weighted by atomic mass is 9.68. The van der Waals surface area contributed by atoms with E-state index in [1.165, 1.54) is 0 Å². The van der Waals surface area contributed by atoms with Gasteiger partial charge in [-0.3, -0.25) is 4.79 Å². The van der Waals surface area contributed by atoms with Gasteiger partial charge in [-0.1, -0.05) is 25.2 Å². The summed E-state index contributed by atoms with van der Waals surface area (Å²) in [6.07, 6.45) is 10.2. The summed E-state index contributed by atoms with van der Waals surface area (Å²) in [6, 6.07) is 0. The monoisotopic (exact) mass is 190 g/mol. The zero-order valence-corrected chi connectivity index (χ0v) is 8.83. The van der Waals surface area contributed by atoms with Crippen molar-refractivity contribution in [3.8, 4) is 0 Å². The van der Waals surface area contributed by atoms with Crippen LogP contribution in [-0.2, 0) is 4.79 Å². The fourth-order valence-corrected chi connectivity index (χ4v) is 2.02. The molecule has 0 aromatic heterocycles. The Morgan fingerprint density at radius 3 is 2.79 bits per heavy atom. The highest BCUT2D eigenvalue weighted by Gasteiger charge is 2.33. The lowest BCUT2D eigenvalue weighted by Gasteiger charge is -2.36. The smallest absolute Gasteiger partial charge is 0.155 e. The first-order valence-electron chi connectivity index (χ1n) is 5.10. The molecule has 14 heavy (non-hydrogen) atoms. The Labute approximate surface area is 86.2 Å². The number of hydrogen-bond donors (Lipinski definition) is 0. The fourth-order valence-electron chi connectivity index (χ4n) is 2.02.